The third kappa shape index (κ3) is 202. The topological polar surface area (TPSA) is 74.6 Å². The molecule has 2 N–H and O–H groups in total. The summed E-state index contributed by atoms with van der Waals surface area (Å²) in [6, 6.07) is 0. The van der Waals surface area contributed by atoms with Crippen LogP contribution in [0.4, 0.5) is 0 Å². The summed E-state index contributed by atoms with van der Waals surface area (Å²) in [5.74, 6) is 0. The molecule has 4 nitrogen and oxygen atoms in total. The average molecular weight is 256 g/mol. The SMILES string of the molecule is O=S(=O)(O)O.[Se]=[Se]. The zero-order valence-corrected chi connectivity index (χ0v) is 7.18. The van der Waals surface area contributed by atoms with E-state index < -0.39 is 10.4 Å². The normalized spacial score (nSPS) is 8.86. The van der Waals surface area contributed by atoms with Crippen LogP contribution in [-0.2, 0) is 10.4 Å². The second-order valence-electron chi connectivity index (χ2n) is 0.448. The van der Waals surface area contributed by atoms with Crippen molar-refractivity contribution < 1.29 is 17.5 Å². The van der Waals surface area contributed by atoms with Crippen LogP contribution < -0.4 is 0 Å². The standard InChI is InChI=1S/H2O4S.Se2/c1-5(2,3)4;1-2/h(H2,1,2,3,4);. The Morgan fingerprint density at radius 3 is 1.14 bits per heavy atom. The molecule has 0 saturated heterocycles. The van der Waals surface area contributed by atoms with Gasteiger partial charge in [0.15, 0.2) is 0 Å². The van der Waals surface area contributed by atoms with Crippen molar-refractivity contribution in [3.8, 4) is 0 Å². The maximum atomic E-state index is 8.74. The molecule has 0 aliphatic rings. The first-order chi connectivity index (χ1) is 3.00. The Kier molecular flexibility index (Phi) is 7.81. The predicted octanol–water partition coefficient (Wildman–Crippen LogP) is -1.41. The van der Waals surface area contributed by atoms with E-state index in [0.29, 0.717) is 0 Å². The molecule has 0 aromatic rings. The van der Waals surface area contributed by atoms with Crippen molar-refractivity contribution in [2.24, 2.45) is 0 Å². The fourth-order valence-corrected chi connectivity index (χ4v) is 0. The van der Waals surface area contributed by atoms with E-state index in [1.807, 2.05) is 0 Å². The summed E-state index contributed by atoms with van der Waals surface area (Å²) < 4.78 is 31.6. The van der Waals surface area contributed by atoms with Gasteiger partial charge in [0, 0.05) is 0 Å². The van der Waals surface area contributed by atoms with Crippen LogP contribution in [0.25, 0.3) is 0 Å². The van der Waals surface area contributed by atoms with E-state index in [0.717, 1.165) is 0 Å². The van der Waals surface area contributed by atoms with Gasteiger partial charge in [-0.25, -0.2) is 0 Å². The second-order valence-corrected chi connectivity index (χ2v) is 1.34. The molecule has 0 unspecified atom stereocenters. The summed E-state index contributed by atoms with van der Waals surface area (Å²) in [5.41, 5.74) is 0. The minimum atomic E-state index is -4.67. The van der Waals surface area contributed by atoms with Crippen molar-refractivity contribution in [2.45, 2.75) is 0 Å². The van der Waals surface area contributed by atoms with Crippen molar-refractivity contribution in [2.75, 3.05) is 0 Å². The molecule has 0 amide bonds. The molecule has 0 heterocycles. The van der Waals surface area contributed by atoms with Crippen LogP contribution in [-0.4, -0.2) is 44.8 Å². The maximum absolute atomic E-state index is 8.74. The summed E-state index contributed by atoms with van der Waals surface area (Å²) in [6.45, 7) is 0. The number of hydrogen-bond donors (Lipinski definition) is 2. The molecule has 0 spiro atoms. The first-order valence-electron chi connectivity index (χ1n) is 0.865. The predicted molar refractivity (Wildman–Crippen MR) is 25.7 cm³/mol. The third-order valence-electron chi connectivity index (χ3n) is 0. The monoisotopic (exact) mass is 258 g/mol. The Morgan fingerprint density at radius 2 is 1.14 bits per heavy atom. The van der Waals surface area contributed by atoms with Crippen LogP contribution in [0.15, 0.2) is 0 Å². The number of hydrogen-bond acceptors (Lipinski definition) is 2. The molecule has 0 fully saturated rings. The van der Waals surface area contributed by atoms with Crippen LogP contribution in [0.2, 0.25) is 0 Å². The van der Waals surface area contributed by atoms with E-state index in [4.69, 9.17) is 17.5 Å². The van der Waals surface area contributed by atoms with Gasteiger partial charge in [0.05, 0.1) is 0 Å². The van der Waals surface area contributed by atoms with E-state index in [1.165, 1.54) is 0 Å². The minimum absolute atomic E-state index is 2.50. The van der Waals surface area contributed by atoms with Gasteiger partial charge in [0.25, 0.3) is 0 Å². The third-order valence-corrected chi connectivity index (χ3v) is 0. The van der Waals surface area contributed by atoms with E-state index >= 15 is 0 Å². The van der Waals surface area contributed by atoms with Crippen molar-refractivity contribution in [1.29, 1.82) is 0 Å². The summed E-state index contributed by atoms with van der Waals surface area (Å²) in [4.78, 5) is 0. The van der Waals surface area contributed by atoms with E-state index in [1.54, 1.807) is 0 Å². The van der Waals surface area contributed by atoms with E-state index in [2.05, 4.69) is 27.3 Å². The number of rotatable bonds is 0. The molecule has 0 aromatic heterocycles. The summed E-state index contributed by atoms with van der Waals surface area (Å²) in [6.07, 6.45) is 0. The van der Waals surface area contributed by atoms with Gasteiger partial charge in [-0.15, -0.1) is 0 Å². The van der Waals surface area contributed by atoms with Crippen LogP contribution in [0.3, 0.4) is 0 Å². The summed E-state index contributed by atoms with van der Waals surface area (Å²) >= 11 is 5.00. The van der Waals surface area contributed by atoms with Gasteiger partial charge >= 0.3 is 37.7 Å². The Hall–Kier alpha value is 0.909. The van der Waals surface area contributed by atoms with Crippen molar-refractivity contribution in [1.82, 2.24) is 0 Å². The molecular weight excluding hydrogens is 254 g/mol. The molecule has 0 aromatic carbocycles. The Morgan fingerprint density at radius 1 is 1.14 bits per heavy atom. The first kappa shape index (κ1) is 10.8. The van der Waals surface area contributed by atoms with Crippen molar-refractivity contribution in [3.05, 3.63) is 0 Å². The Bertz CT molecular complexity index is 104. The second kappa shape index (κ2) is 5.05. The van der Waals surface area contributed by atoms with Gasteiger partial charge in [-0.05, 0) is 0 Å². The van der Waals surface area contributed by atoms with E-state index in [9.17, 15) is 0 Å². The van der Waals surface area contributed by atoms with E-state index in [-0.39, 0.29) is 0 Å². The quantitative estimate of drug-likeness (QED) is 0.412. The van der Waals surface area contributed by atoms with Crippen LogP contribution in [0, 0.1) is 0 Å². The molecule has 0 aliphatic heterocycles. The van der Waals surface area contributed by atoms with Gasteiger partial charge in [-0.1, -0.05) is 0 Å². The summed E-state index contributed by atoms with van der Waals surface area (Å²) in [5, 5.41) is 0. The fraction of sp³-hybridized carbons (Fsp3) is 0. The molecular formula is H2O4SSe2. The van der Waals surface area contributed by atoms with Crippen molar-refractivity contribution >= 4 is 37.7 Å². The molecule has 0 bridgehead atoms. The summed E-state index contributed by atoms with van der Waals surface area (Å²) in [7, 11) is -4.67. The van der Waals surface area contributed by atoms with Crippen molar-refractivity contribution in [3.63, 3.8) is 0 Å². The van der Waals surface area contributed by atoms with Gasteiger partial charge in [-0.2, -0.15) is 8.42 Å². The molecule has 7 heavy (non-hydrogen) atoms. The molecule has 0 radical (unpaired) electrons. The molecule has 0 atom stereocenters. The fourth-order valence-electron chi connectivity index (χ4n) is 0. The zero-order chi connectivity index (χ0) is 6.50. The Balaban J connectivity index is 0. The van der Waals surface area contributed by atoms with Gasteiger partial charge < -0.3 is 0 Å². The molecule has 0 rings (SSSR count). The van der Waals surface area contributed by atoms with Gasteiger partial charge in [-0.3, -0.25) is 9.11 Å². The van der Waals surface area contributed by atoms with Crippen LogP contribution >= 0.6 is 0 Å². The Labute approximate surface area is 55.4 Å². The molecule has 0 aliphatic carbocycles. The van der Waals surface area contributed by atoms with Gasteiger partial charge in [0.1, 0.15) is 0 Å². The van der Waals surface area contributed by atoms with Crippen LogP contribution in [0.1, 0.15) is 0 Å². The zero-order valence-electron chi connectivity index (χ0n) is 2.94. The molecule has 0 saturated carbocycles. The van der Waals surface area contributed by atoms with Crippen LogP contribution in [0.5, 0.6) is 0 Å². The van der Waals surface area contributed by atoms with Gasteiger partial charge in [0.2, 0.25) is 0 Å². The first-order valence-corrected chi connectivity index (χ1v) is 6.60. The molecule has 7 heteroatoms. The average Bonchev–Trinajstić information content (AvgIpc) is 1.36. The molecule has 44 valence electrons.